The van der Waals surface area contributed by atoms with E-state index in [9.17, 15) is 14.3 Å². The zero-order valence-corrected chi connectivity index (χ0v) is 16.1. The third kappa shape index (κ3) is 5.28. The van der Waals surface area contributed by atoms with Crippen molar-refractivity contribution in [2.24, 2.45) is 0 Å². The molecule has 1 atom stereocenters. The van der Waals surface area contributed by atoms with Gasteiger partial charge in [-0.15, -0.1) is 0 Å². The predicted octanol–water partition coefficient (Wildman–Crippen LogP) is 2.98. The van der Waals surface area contributed by atoms with Gasteiger partial charge in [-0.3, -0.25) is 9.69 Å². The SMILES string of the molecule is CCN(Cc1nc2cc(Cl)ccc2c(=O)[nH]1)C[C@H](O)COc1ccc(F)cc1. The van der Waals surface area contributed by atoms with Crippen LogP contribution in [0.2, 0.25) is 5.02 Å². The first-order chi connectivity index (χ1) is 13.4. The average molecular weight is 406 g/mol. The quantitative estimate of drug-likeness (QED) is 0.602. The van der Waals surface area contributed by atoms with Gasteiger partial charge >= 0.3 is 0 Å². The fourth-order valence-corrected chi connectivity index (χ4v) is 2.99. The number of aliphatic hydroxyl groups excluding tert-OH is 1. The highest BCUT2D eigenvalue weighted by Crippen LogP contribution is 2.15. The van der Waals surface area contributed by atoms with Gasteiger partial charge in [-0.25, -0.2) is 9.37 Å². The van der Waals surface area contributed by atoms with Crippen LogP contribution in [0.15, 0.2) is 47.3 Å². The van der Waals surface area contributed by atoms with Crippen molar-refractivity contribution < 1.29 is 14.2 Å². The maximum Gasteiger partial charge on any atom is 0.258 e. The molecule has 3 aromatic rings. The van der Waals surface area contributed by atoms with Crippen molar-refractivity contribution >= 4 is 22.5 Å². The smallest absolute Gasteiger partial charge is 0.258 e. The number of halogens is 2. The van der Waals surface area contributed by atoms with Crippen molar-refractivity contribution in [3.63, 3.8) is 0 Å². The number of likely N-dealkylation sites (N-methyl/N-ethyl adjacent to an activating group) is 1. The van der Waals surface area contributed by atoms with Crippen LogP contribution in [-0.4, -0.2) is 45.8 Å². The summed E-state index contributed by atoms with van der Waals surface area (Å²) in [5.74, 6) is 0.636. The topological polar surface area (TPSA) is 78.5 Å². The number of nitrogens with zero attached hydrogens (tertiary/aromatic N) is 2. The summed E-state index contributed by atoms with van der Waals surface area (Å²) in [6.45, 7) is 3.35. The second-order valence-corrected chi connectivity index (χ2v) is 6.86. The van der Waals surface area contributed by atoms with Gasteiger partial charge in [-0.2, -0.15) is 0 Å². The lowest BCUT2D eigenvalue weighted by Gasteiger charge is -2.23. The van der Waals surface area contributed by atoms with Gasteiger partial charge in [0.05, 0.1) is 17.4 Å². The van der Waals surface area contributed by atoms with Gasteiger partial charge in [0.1, 0.15) is 30.1 Å². The van der Waals surface area contributed by atoms with Gasteiger partial charge in [-0.05, 0) is 49.0 Å². The normalized spacial score (nSPS) is 12.5. The highest BCUT2D eigenvalue weighted by atomic mass is 35.5. The summed E-state index contributed by atoms with van der Waals surface area (Å²) >= 11 is 5.99. The molecule has 3 rings (SSSR count). The summed E-state index contributed by atoms with van der Waals surface area (Å²) in [6.07, 6.45) is -0.758. The van der Waals surface area contributed by atoms with Crippen LogP contribution >= 0.6 is 11.6 Å². The van der Waals surface area contributed by atoms with Crippen LogP contribution in [0.5, 0.6) is 5.75 Å². The minimum atomic E-state index is -0.758. The number of H-pyrrole nitrogens is 1. The zero-order chi connectivity index (χ0) is 20.1. The monoisotopic (exact) mass is 405 g/mol. The molecule has 0 amide bonds. The Labute approximate surface area is 166 Å². The molecule has 0 saturated heterocycles. The molecule has 0 aliphatic rings. The molecule has 0 bridgehead atoms. The van der Waals surface area contributed by atoms with Gasteiger partial charge in [0, 0.05) is 11.6 Å². The van der Waals surface area contributed by atoms with Gasteiger partial charge in [0.2, 0.25) is 0 Å². The highest BCUT2D eigenvalue weighted by molar-refractivity contribution is 6.31. The fraction of sp³-hybridized carbons (Fsp3) is 0.300. The average Bonchev–Trinajstić information content (AvgIpc) is 2.66. The number of aliphatic hydroxyl groups is 1. The lowest BCUT2D eigenvalue weighted by molar-refractivity contribution is 0.0666. The molecule has 0 saturated carbocycles. The summed E-state index contributed by atoms with van der Waals surface area (Å²) < 4.78 is 18.4. The van der Waals surface area contributed by atoms with E-state index in [2.05, 4.69) is 9.97 Å². The molecule has 6 nitrogen and oxygen atoms in total. The van der Waals surface area contributed by atoms with Crippen molar-refractivity contribution in [3.05, 3.63) is 69.5 Å². The van der Waals surface area contributed by atoms with Crippen LogP contribution in [0.1, 0.15) is 12.7 Å². The van der Waals surface area contributed by atoms with Crippen LogP contribution in [0.3, 0.4) is 0 Å². The van der Waals surface area contributed by atoms with Crippen LogP contribution in [0.4, 0.5) is 4.39 Å². The summed E-state index contributed by atoms with van der Waals surface area (Å²) in [5.41, 5.74) is 0.301. The number of benzene rings is 2. The van der Waals surface area contributed by atoms with E-state index >= 15 is 0 Å². The van der Waals surface area contributed by atoms with Crippen molar-refractivity contribution in [2.45, 2.75) is 19.6 Å². The summed E-state index contributed by atoms with van der Waals surface area (Å²) in [5, 5.41) is 11.2. The van der Waals surface area contributed by atoms with Gasteiger partial charge in [0.25, 0.3) is 5.56 Å². The van der Waals surface area contributed by atoms with E-state index in [4.69, 9.17) is 16.3 Å². The van der Waals surface area contributed by atoms with Crippen molar-refractivity contribution in [3.8, 4) is 5.75 Å². The van der Waals surface area contributed by atoms with Crippen molar-refractivity contribution in [2.75, 3.05) is 19.7 Å². The Kier molecular flexibility index (Phi) is 6.61. The Morgan fingerprint density at radius 1 is 1.29 bits per heavy atom. The minimum absolute atomic E-state index is 0.0689. The third-order valence-corrected chi connectivity index (χ3v) is 4.50. The number of nitrogens with one attached hydrogen (secondary N) is 1. The Morgan fingerprint density at radius 2 is 2.04 bits per heavy atom. The molecule has 0 radical (unpaired) electrons. The van der Waals surface area contributed by atoms with Gasteiger partial charge in [-0.1, -0.05) is 18.5 Å². The molecule has 8 heteroatoms. The number of hydrogen-bond donors (Lipinski definition) is 2. The first-order valence-corrected chi connectivity index (χ1v) is 9.29. The zero-order valence-electron chi connectivity index (χ0n) is 15.4. The Hall–Kier alpha value is -2.48. The molecular formula is C20H21ClFN3O3. The predicted molar refractivity (Wildman–Crippen MR) is 106 cm³/mol. The minimum Gasteiger partial charge on any atom is -0.491 e. The summed E-state index contributed by atoms with van der Waals surface area (Å²) in [4.78, 5) is 21.4. The van der Waals surface area contributed by atoms with E-state index in [0.29, 0.717) is 47.1 Å². The first kappa shape index (κ1) is 20.3. The molecule has 28 heavy (non-hydrogen) atoms. The maximum atomic E-state index is 12.9. The molecule has 0 aliphatic heterocycles. The Balaban J connectivity index is 1.62. The lowest BCUT2D eigenvalue weighted by Crippen LogP contribution is -2.36. The second-order valence-electron chi connectivity index (χ2n) is 6.42. The number of aromatic amines is 1. The molecule has 1 aromatic heterocycles. The molecule has 148 valence electrons. The van der Waals surface area contributed by atoms with E-state index in [1.807, 2.05) is 11.8 Å². The van der Waals surface area contributed by atoms with Crippen LogP contribution in [0.25, 0.3) is 10.9 Å². The Morgan fingerprint density at radius 3 is 2.75 bits per heavy atom. The standard InChI is InChI=1S/C20H21ClFN3O3/c1-2-25(10-15(26)12-28-16-6-4-14(22)5-7-16)11-19-23-18-9-13(21)3-8-17(18)20(27)24-19/h3-9,15,26H,2,10-12H2,1H3,(H,23,24,27)/t15-/m0/s1. The van der Waals surface area contributed by atoms with Gasteiger partial charge < -0.3 is 14.8 Å². The Bertz CT molecular complexity index is 994. The third-order valence-electron chi connectivity index (χ3n) is 4.26. The highest BCUT2D eigenvalue weighted by Gasteiger charge is 2.14. The number of fused-ring (bicyclic) bond motifs is 1. The fourth-order valence-electron chi connectivity index (χ4n) is 2.83. The van der Waals surface area contributed by atoms with Crippen LogP contribution in [0, 0.1) is 5.82 Å². The molecule has 0 unspecified atom stereocenters. The number of rotatable bonds is 8. The first-order valence-electron chi connectivity index (χ1n) is 8.92. The summed E-state index contributed by atoms with van der Waals surface area (Å²) in [7, 11) is 0. The van der Waals surface area contributed by atoms with E-state index < -0.39 is 6.10 Å². The van der Waals surface area contributed by atoms with Crippen LogP contribution in [-0.2, 0) is 6.54 Å². The molecular weight excluding hydrogens is 385 g/mol. The van der Waals surface area contributed by atoms with Gasteiger partial charge in [0.15, 0.2) is 0 Å². The second kappa shape index (κ2) is 9.14. The largest absolute Gasteiger partial charge is 0.491 e. The van der Waals surface area contributed by atoms with E-state index in [0.717, 1.165) is 0 Å². The summed E-state index contributed by atoms with van der Waals surface area (Å²) in [6, 6.07) is 10.6. The molecule has 0 spiro atoms. The van der Waals surface area contributed by atoms with Crippen molar-refractivity contribution in [1.29, 1.82) is 0 Å². The maximum absolute atomic E-state index is 12.9. The number of ether oxygens (including phenoxy) is 1. The molecule has 0 aliphatic carbocycles. The van der Waals surface area contributed by atoms with E-state index in [1.54, 1.807) is 18.2 Å². The number of hydrogen-bond acceptors (Lipinski definition) is 5. The molecule has 0 fully saturated rings. The lowest BCUT2D eigenvalue weighted by atomic mass is 10.2. The van der Waals surface area contributed by atoms with E-state index in [-0.39, 0.29) is 18.0 Å². The van der Waals surface area contributed by atoms with Crippen LogP contribution < -0.4 is 10.3 Å². The molecule has 1 heterocycles. The van der Waals surface area contributed by atoms with Crippen molar-refractivity contribution in [1.82, 2.24) is 14.9 Å². The molecule has 2 N–H and O–H groups in total. The number of aromatic nitrogens is 2. The molecule has 2 aromatic carbocycles. The van der Waals surface area contributed by atoms with E-state index in [1.165, 1.54) is 24.3 Å².